The lowest BCUT2D eigenvalue weighted by Gasteiger charge is -2.37. The number of rotatable bonds is 6. The summed E-state index contributed by atoms with van der Waals surface area (Å²) in [5, 5.41) is 11.1. The van der Waals surface area contributed by atoms with E-state index in [-0.39, 0.29) is 18.5 Å². The van der Waals surface area contributed by atoms with Crippen LogP contribution in [-0.4, -0.2) is 36.1 Å². The molecule has 5 nitrogen and oxygen atoms in total. The standard InChI is InChI=1S/C17H23FN2O3/c1-2-14-5-3-4-8-20(14)15-10-12(9-13(18)11-15)17(23)19-7-6-16(21)22/h9-11,14H,2-8H2,1H3,(H,19,23)(H,21,22). The van der Waals surface area contributed by atoms with Gasteiger partial charge >= 0.3 is 5.97 Å². The molecule has 1 fully saturated rings. The average molecular weight is 322 g/mol. The number of hydrogen-bond donors (Lipinski definition) is 2. The molecule has 1 unspecified atom stereocenters. The number of amides is 1. The lowest BCUT2D eigenvalue weighted by molar-refractivity contribution is -0.136. The maximum atomic E-state index is 13.9. The Morgan fingerprint density at radius 1 is 1.35 bits per heavy atom. The Balaban J connectivity index is 2.14. The highest BCUT2D eigenvalue weighted by Crippen LogP contribution is 2.28. The van der Waals surface area contributed by atoms with Gasteiger partial charge in [-0.05, 0) is 43.9 Å². The predicted octanol–water partition coefficient (Wildman–Crippen LogP) is 2.80. The van der Waals surface area contributed by atoms with Gasteiger partial charge < -0.3 is 15.3 Å². The van der Waals surface area contributed by atoms with Crippen LogP contribution in [0.1, 0.15) is 49.4 Å². The van der Waals surface area contributed by atoms with E-state index in [1.165, 1.54) is 18.6 Å². The van der Waals surface area contributed by atoms with Gasteiger partial charge in [0.25, 0.3) is 5.91 Å². The molecule has 2 N–H and O–H groups in total. The third kappa shape index (κ3) is 4.68. The van der Waals surface area contributed by atoms with Crippen LogP contribution < -0.4 is 10.2 Å². The van der Waals surface area contributed by atoms with Crippen molar-refractivity contribution in [2.45, 2.75) is 45.1 Å². The van der Waals surface area contributed by atoms with Crippen molar-refractivity contribution in [2.75, 3.05) is 18.0 Å². The number of benzene rings is 1. The molecular weight excluding hydrogens is 299 g/mol. The molecule has 1 amide bonds. The molecule has 0 radical (unpaired) electrons. The number of aliphatic carboxylic acids is 1. The average Bonchev–Trinajstić information content (AvgIpc) is 2.53. The first-order valence-corrected chi connectivity index (χ1v) is 8.08. The van der Waals surface area contributed by atoms with E-state index in [2.05, 4.69) is 17.1 Å². The van der Waals surface area contributed by atoms with Gasteiger partial charge in [-0.25, -0.2) is 4.39 Å². The molecule has 2 rings (SSSR count). The fraction of sp³-hybridized carbons (Fsp3) is 0.529. The quantitative estimate of drug-likeness (QED) is 0.845. The summed E-state index contributed by atoms with van der Waals surface area (Å²) in [7, 11) is 0. The van der Waals surface area contributed by atoms with Gasteiger partial charge in [0, 0.05) is 30.4 Å². The smallest absolute Gasteiger partial charge is 0.305 e. The molecule has 126 valence electrons. The van der Waals surface area contributed by atoms with E-state index in [9.17, 15) is 14.0 Å². The van der Waals surface area contributed by atoms with Gasteiger partial charge in [0.2, 0.25) is 0 Å². The van der Waals surface area contributed by atoms with Crippen LogP contribution in [-0.2, 0) is 4.79 Å². The maximum absolute atomic E-state index is 13.9. The first kappa shape index (κ1) is 17.2. The van der Waals surface area contributed by atoms with Crippen LogP contribution in [0.2, 0.25) is 0 Å². The molecule has 6 heteroatoms. The van der Waals surface area contributed by atoms with Crippen molar-refractivity contribution < 1.29 is 19.1 Å². The molecule has 1 aliphatic heterocycles. The van der Waals surface area contributed by atoms with Crippen molar-refractivity contribution in [3.63, 3.8) is 0 Å². The monoisotopic (exact) mass is 322 g/mol. The Morgan fingerprint density at radius 3 is 2.83 bits per heavy atom. The van der Waals surface area contributed by atoms with E-state index < -0.39 is 17.7 Å². The maximum Gasteiger partial charge on any atom is 0.305 e. The summed E-state index contributed by atoms with van der Waals surface area (Å²) in [5.41, 5.74) is 0.950. The molecule has 23 heavy (non-hydrogen) atoms. The number of piperidine rings is 1. The van der Waals surface area contributed by atoms with Crippen LogP contribution in [0.3, 0.4) is 0 Å². The number of halogens is 1. The molecular formula is C17H23FN2O3. The van der Waals surface area contributed by atoms with Crippen molar-refractivity contribution in [3.8, 4) is 0 Å². The number of nitrogens with one attached hydrogen (secondary N) is 1. The first-order chi connectivity index (χ1) is 11.0. The molecule has 0 saturated carbocycles. The van der Waals surface area contributed by atoms with E-state index in [0.29, 0.717) is 6.04 Å². The van der Waals surface area contributed by atoms with Crippen LogP contribution in [0.5, 0.6) is 0 Å². The second kappa shape index (κ2) is 7.94. The van der Waals surface area contributed by atoms with Crippen LogP contribution >= 0.6 is 0 Å². The van der Waals surface area contributed by atoms with Gasteiger partial charge in [-0.1, -0.05) is 6.92 Å². The van der Waals surface area contributed by atoms with Gasteiger partial charge in [0.15, 0.2) is 0 Å². The normalized spacial score (nSPS) is 17.8. The highest BCUT2D eigenvalue weighted by Gasteiger charge is 2.22. The third-order valence-electron chi connectivity index (χ3n) is 4.20. The van der Waals surface area contributed by atoms with E-state index in [1.54, 1.807) is 6.07 Å². The highest BCUT2D eigenvalue weighted by molar-refractivity contribution is 5.95. The molecule has 1 aromatic carbocycles. The SMILES string of the molecule is CCC1CCCCN1c1cc(F)cc(C(=O)NCCC(=O)O)c1. The number of carboxylic acid groups (broad SMARTS) is 1. The zero-order valence-corrected chi connectivity index (χ0v) is 13.3. The molecule has 0 aromatic heterocycles. The summed E-state index contributed by atoms with van der Waals surface area (Å²) >= 11 is 0. The number of carbonyl (C=O) groups is 2. The van der Waals surface area contributed by atoms with Crippen LogP contribution in [0.15, 0.2) is 18.2 Å². The largest absolute Gasteiger partial charge is 0.481 e. The summed E-state index contributed by atoms with van der Waals surface area (Å²) in [4.78, 5) is 24.7. The lowest BCUT2D eigenvalue weighted by Crippen LogP contribution is -2.39. The lowest BCUT2D eigenvalue weighted by atomic mass is 9.98. The molecule has 1 saturated heterocycles. The number of anilines is 1. The Kier molecular flexibility index (Phi) is 5.96. The molecule has 1 atom stereocenters. The van der Waals surface area contributed by atoms with Crippen molar-refractivity contribution in [2.24, 2.45) is 0 Å². The Labute approximate surface area is 135 Å². The van der Waals surface area contributed by atoms with E-state index >= 15 is 0 Å². The fourth-order valence-electron chi connectivity index (χ4n) is 3.02. The number of carboxylic acids is 1. The van der Waals surface area contributed by atoms with Crippen LogP contribution in [0.4, 0.5) is 10.1 Å². The fourth-order valence-corrected chi connectivity index (χ4v) is 3.02. The highest BCUT2D eigenvalue weighted by atomic mass is 19.1. The summed E-state index contributed by atoms with van der Waals surface area (Å²) < 4.78 is 13.9. The van der Waals surface area contributed by atoms with Crippen molar-refractivity contribution >= 4 is 17.6 Å². The van der Waals surface area contributed by atoms with E-state index in [1.807, 2.05) is 0 Å². The molecule has 1 aliphatic rings. The van der Waals surface area contributed by atoms with Crippen LogP contribution in [0.25, 0.3) is 0 Å². The minimum Gasteiger partial charge on any atom is -0.481 e. The number of hydrogen-bond acceptors (Lipinski definition) is 3. The Hall–Kier alpha value is -2.11. The zero-order valence-electron chi connectivity index (χ0n) is 13.3. The second-order valence-electron chi connectivity index (χ2n) is 5.85. The third-order valence-corrected chi connectivity index (χ3v) is 4.20. The molecule has 0 spiro atoms. The van der Waals surface area contributed by atoms with Crippen molar-refractivity contribution in [1.29, 1.82) is 0 Å². The summed E-state index contributed by atoms with van der Waals surface area (Å²) in [5.74, 6) is -1.88. The van der Waals surface area contributed by atoms with Crippen molar-refractivity contribution in [3.05, 3.63) is 29.6 Å². The number of carbonyl (C=O) groups excluding carboxylic acids is 1. The summed E-state index contributed by atoms with van der Waals surface area (Å²) in [6, 6.07) is 4.70. The van der Waals surface area contributed by atoms with Gasteiger partial charge in [0.05, 0.1) is 6.42 Å². The molecule has 1 heterocycles. The van der Waals surface area contributed by atoms with E-state index in [4.69, 9.17) is 5.11 Å². The Morgan fingerprint density at radius 2 is 2.13 bits per heavy atom. The Bertz CT molecular complexity index is 577. The molecule has 1 aromatic rings. The van der Waals surface area contributed by atoms with Gasteiger partial charge in [-0.2, -0.15) is 0 Å². The van der Waals surface area contributed by atoms with E-state index in [0.717, 1.165) is 31.5 Å². The van der Waals surface area contributed by atoms with Gasteiger partial charge in [-0.15, -0.1) is 0 Å². The molecule has 0 bridgehead atoms. The zero-order chi connectivity index (χ0) is 16.8. The first-order valence-electron chi connectivity index (χ1n) is 8.08. The van der Waals surface area contributed by atoms with Crippen molar-refractivity contribution in [1.82, 2.24) is 5.32 Å². The summed E-state index contributed by atoms with van der Waals surface area (Å²) in [6.45, 7) is 3.01. The second-order valence-corrected chi connectivity index (χ2v) is 5.85. The predicted molar refractivity (Wildman–Crippen MR) is 86.3 cm³/mol. The topological polar surface area (TPSA) is 69.6 Å². The minimum absolute atomic E-state index is 0.0291. The van der Waals surface area contributed by atoms with Gasteiger partial charge in [-0.3, -0.25) is 9.59 Å². The summed E-state index contributed by atoms with van der Waals surface area (Å²) in [6.07, 6.45) is 4.14. The van der Waals surface area contributed by atoms with Gasteiger partial charge in [0.1, 0.15) is 5.82 Å². The minimum atomic E-state index is -0.982. The van der Waals surface area contributed by atoms with Crippen LogP contribution in [0, 0.1) is 5.82 Å². The molecule has 0 aliphatic carbocycles. The number of nitrogens with zero attached hydrogens (tertiary/aromatic N) is 1.